The first kappa shape index (κ1) is 12.1. The van der Waals surface area contributed by atoms with E-state index in [9.17, 15) is 0 Å². The van der Waals surface area contributed by atoms with Gasteiger partial charge in [-0.1, -0.05) is 18.2 Å². The molecule has 0 bridgehead atoms. The summed E-state index contributed by atoms with van der Waals surface area (Å²) in [6.07, 6.45) is 0.728. The molecule has 0 unspecified atom stereocenters. The molecule has 2 aromatic rings. The number of hydrogen-bond donors (Lipinski definition) is 2. The molecule has 17 heavy (non-hydrogen) atoms. The van der Waals surface area contributed by atoms with Gasteiger partial charge in [0.05, 0.1) is 5.75 Å². The van der Waals surface area contributed by atoms with E-state index in [1.807, 2.05) is 6.07 Å². The van der Waals surface area contributed by atoms with Gasteiger partial charge in [-0.3, -0.25) is 5.10 Å². The van der Waals surface area contributed by atoms with Crippen molar-refractivity contribution in [2.24, 2.45) is 5.73 Å². The van der Waals surface area contributed by atoms with Crippen molar-refractivity contribution in [1.82, 2.24) is 15.2 Å². The first-order chi connectivity index (χ1) is 8.29. The molecule has 1 aromatic carbocycles. The Bertz CT molecular complexity index is 481. The average Bonchev–Trinajstić information content (AvgIpc) is 2.76. The number of aryl methyl sites for hydroxylation is 1. The molecule has 0 amide bonds. The lowest BCUT2D eigenvalue weighted by Crippen LogP contribution is -2.03. The summed E-state index contributed by atoms with van der Waals surface area (Å²) in [6, 6.07) is 8.34. The Labute approximate surface area is 105 Å². The van der Waals surface area contributed by atoms with Gasteiger partial charge in [0.2, 0.25) is 0 Å². The van der Waals surface area contributed by atoms with Crippen LogP contribution in [0.25, 0.3) is 0 Å². The van der Waals surface area contributed by atoms with Crippen LogP contribution in [0.15, 0.2) is 29.2 Å². The van der Waals surface area contributed by atoms with E-state index in [-0.39, 0.29) is 0 Å². The largest absolute Gasteiger partial charge is 0.330 e. The third-order valence-corrected chi connectivity index (χ3v) is 3.59. The zero-order valence-corrected chi connectivity index (χ0v) is 10.6. The summed E-state index contributed by atoms with van der Waals surface area (Å²) in [5.74, 6) is 2.51. The molecule has 0 saturated heterocycles. The molecule has 1 aromatic heterocycles. The van der Waals surface area contributed by atoms with E-state index in [0.717, 1.165) is 23.8 Å². The van der Waals surface area contributed by atoms with Crippen molar-refractivity contribution in [3.63, 3.8) is 0 Å². The molecule has 4 nitrogen and oxygen atoms in total. The number of nitrogens with one attached hydrogen (secondary N) is 1. The molecule has 5 heteroatoms. The van der Waals surface area contributed by atoms with Crippen LogP contribution in [0.1, 0.15) is 17.2 Å². The van der Waals surface area contributed by atoms with Crippen LogP contribution >= 0.6 is 11.8 Å². The first-order valence-electron chi connectivity index (χ1n) is 5.58. The molecular weight excluding hydrogens is 232 g/mol. The Morgan fingerprint density at radius 3 is 2.94 bits per heavy atom. The number of aromatic amines is 1. The maximum Gasteiger partial charge on any atom is 0.151 e. The van der Waals surface area contributed by atoms with Gasteiger partial charge < -0.3 is 5.73 Å². The Kier molecular flexibility index (Phi) is 4.17. The van der Waals surface area contributed by atoms with Crippen molar-refractivity contribution in [3.05, 3.63) is 41.5 Å². The van der Waals surface area contributed by atoms with Crippen molar-refractivity contribution in [1.29, 1.82) is 0 Å². The number of rotatable bonds is 5. The van der Waals surface area contributed by atoms with Crippen LogP contribution in [0.3, 0.4) is 0 Å². The van der Waals surface area contributed by atoms with Crippen LogP contribution in [0.4, 0.5) is 0 Å². The second-order valence-corrected chi connectivity index (χ2v) is 4.81. The standard InChI is InChI=1S/C12H16N4S/c1-9-4-2-3-5-10(9)17-8-12-14-11(6-7-13)15-16-12/h2-5H,6-8,13H2,1H3,(H,14,15,16). The van der Waals surface area contributed by atoms with Gasteiger partial charge in [-0.25, -0.2) is 4.98 Å². The first-order valence-corrected chi connectivity index (χ1v) is 6.57. The smallest absolute Gasteiger partial charge is 0.151 e. The molecule has 90 valence electrons. The summed E-state index contributed by atoms with van der Waals surface area (Å²) < 4.78 is 0. The highest BCUT2D eigenvalue weighted by atomic mass is 32.2. The molecule has 0 spiro atoms. The molecule has 0 aliphatic carbocycles. The third-order valence-electron chi connectivity index (χ3n) is 2.40. The Morgan fingerprint density at radius 1 is 1.35 bits per heavy atom. The quantitative estimate of drug-likeness (QED) is 0.793. The number of nitrogens with two attached hydrogens (primary N) is 1. The molecule has 1 heterocycles. The van der Waals surface area contributed by atoms with Crippen LogP contribution in [0, 0.1) is 6.92 Å². The molecule has 0 fully saturated rings. The second kappa shape index (κ2) is 5.84. The van der Waals surface area contributed by atoms with Gasteiger partial charge in [-0.2, -0.15) is 5.10 Å². The van der Waals surface area contributed by atoms with Crippen LogP contribution in [-0.2, 0) is 12.2 Å². The van der Waals surface area contributed by atoms with Gasteiger partial charge in [-0.05, 0) is 25.1 Å². The van der Waals surface area contributed by atoms with Gasteiger partial charge in [0, 0.05) is 11.3 Å². The third kappa shape index (κ3) is 3.31. The monoisotopic (exact) mass is 248 g/mol. The summed E-state index contributed by atoms with van der Waals surface area (Å²) in [5.41, 5.74) is 6.75. The number of thioether (sulfide) groups is 1. The van der Waals surface area contributed by atoms with Crippen molar-refractivity contribution in [3.8, 4) is 0 Å². The fourth-order valence-corrected chi connectivity index (χ4v) is 2.40. The zero-order chi connectivity index (χ0) is 12.1. The highest BCUT2D eigenvalue weighted by molar-refractivity contribution is 7.98. The number of benzene rings is 1. The predicted octanol–water partition coefficient (Wildman–Crippen LogP) is 1.91. The van der Waals surface area contributed by atoms with E-state index in [2.05, 4.69) is 40.3 Å². The van der Waals surface area contributed by atoms with Crippen molar-refractivity contribution < 1.29 is 0 Å². The Balaban J connectivity index is 1.95. The normalized spacial score (nSPS) is 10.7. The summed E-state index contributed by atoms with van der Waals surface area (Å²) in [6.45, 7) is 2.70. The molecule has 2 rings (SSSR count). The molecule has 0 aliphatic rings. The highest BCUT2D eigenvalue weighted by Crippen LogP contribution is 2.24. The van der Waals surface area contributed by atoms with Crippen molar-refractivity contribution in [2.45, 2.75) is 24.0 Å². The van der Waals surface area contributed by atoms with Gasteiger partial charge >= 0.3 is 0 Å². The fraction of sp³-hybridized carbons (Fsp3) is 0.333. The van der Waals surface area contributed by atoms with Gasteiger partial charge in [-0.15, -0.1) is 11.8 Å². The van der Waals surface area contributed by atoms with Crippen molar-refractivity contribution in [2.75, 3.05) is 6.54 Å². The topological polar surface area (TPSA) is 67.6 Å². The van der Waals surface area contributed by atoms with Crippen LogP contribution in [0.5, 0.6) is 0 Å². The van der Waals surface area contributed by atoms with E-state index < -0.39 is 0 Å². The lowest BCUT2D eigenvalue weighted by molar-refractivity contribution is 0.874. The summed E-state index contributed by atoms with van der Waals surface area (Å²) in [7, 11) is 0. The van der Waals surface area contributed by atoms with Gasteiger partial charge in [0.1, 0.15) is 5.82 Å². The number of hydrogen-bond acceptors (Lipinski definition) is 4. The van der Waals surface area contributed by atoms with E-state index in [1.54, 1.807) is 11.8 Å². The minimum atomic E-state index is 0.586. The second-order valence-electron chi connectivity index (χ2n) is 3.79. The lowest BCUT2D eigenvalue weighted by Gasteiger charge is -2.02. The number of aromatic nitrogens is 3. The fourth-order valence-electron chi connectivity index (χ4n) is 1.50. The van der Waals surface area contributed by atoms with Gasteiger partial charge in [0.25, 0.3) is 0 Å². The summed E-state index contributed by atoms with van der Waals surface area (Å²) in [5, 5.41) is 7.05. The van der Waals surface area contributed by atoms with E-state index >= 15 is 0 Å². The molecule has 0 atom stereocenters. The van der Waals surface area contributed by atoms with Crippen LogP contribution < -0.4 is 5.73 Å². The number of H-pyrrole nitrogens is 1. The maximum atomic E-state index is 5.46. The van der Waals surface area contributed by atoms with Crippen molar-refractivity contribution >= 4 is 11.8 Å². The molecule has 0 saturated carbocycles. The summed E-state index contributed by atoms with van der Waals surface area (Å²) >= 11 is 1.77. The van der Waals surface area contributed by atoms with Crippen LogP contribution in [-0.4, -0.2) is 21.7 Å². The predicted molar refractivity (Wildman–Crippen MR) is 69.9 cm³/mol. The minimum Gasteiger partial charge on any atom is -0.330 e. The Morgan fingerprint density at radius 2 is 2.18 bits per heavy atom. The lowest BCUT2D eigenvalue weighted by atomic mass is 10.2. The highest BCUT2D eigenvalue weighted by Gasteiger charge is 2.04. The Hall–Kier alpha value is -1.33. The zero-order valence-electron chi connectivity index (χ0n) is 9.81. The van der Waals surface area contributed by atoms with E-state index in [4.69, 9.17) is 5.73 Å². The van der Waals surface area contributed by atoms with E-state index in [0.29, 0.717) is 6.54 Å². The van der Waals surface area contributed by atoms with Gasteiger partial charge in [0.15, 0.2) is 5.82 Å². The molecule has 0 radical (unpaired) electrons. The number of nitrogens with zero attached hydrogens (tertiary/aromatic N) is 2. The SMILES string of the molecule is Cc1ccccc1SCc1nc(CCN)n[nH]1. The molecular formula is C12H16N4S. The minimum absolute atomic E-state index is 0.586. The molecule has 3 N–H and O–H groups in total. The molecule has 0 aliphatic heterocycles. The average molecular weight is 248 g/mol. The van der Waals surface area contributed by atoms with Crippen LogP contribution in [0.2, 0.25) is 0 Å². The maximum absolute atomic E-state index is 5.46. The summed E-state index contributed by atoms with van der Waals surface area (Å²) in [4.78, 5) is 5.66. The van der Waals surface area contributed by atoms with E-state index in [1.165, 1.54) is 10.5 Å².